The van der Waals surface area contributed by atoms with Gasteiger partial charge in [0.05, 0.1) is 0 Å². The fraction of sp³-hybridized carbons (Fsp3) is 0.542. The van der Waals surface area contributed by atoms with Gasteiger partial charge in [0, 0.05) is 42.6 Å². The van der Waals surface area contributed by atoms with E-state index >= 15 is 0 Å². The first-order valence-electron chi connectivity index (χ1n) is 11.8. The van der Waals surface area contributed by atoms with Crippen molar-refractivity contribution in [2.45, 2.75) is 77.3 Å². The Morgan fingerprint density at radius 1 is 1.15 bits per heavy atom. The Labute approximate surface area is 199 Å². The number of fused-ring (bicyclic) bond motifs is 1. The molecule has 10 nitrogen and oxygen atoms in total. The maximum absolute atomic E-state index is 12.7. The quantitative estimate of drug-likeness (QED) is 0.299. The van der Waals surface area contributed by atoms with Crippen LogP contribution in [0.15, 0.2) is 18.2 Å². The average molecular weight is 475 g/mol. The number of carbonyl (C=O) groups excluding carboxylic acids is 4. The second kappa shape index (κ2) is 13.4. The summed E-state index contributed by atoms with van der Waals surface area (Å²) in [6.07, 6.45) is 5.65. The maximum Gasteiger partial charge on any atom is 0.303 e. The third-order valence-electron chi connectivity index (χ3n) is 5.71. The number of aliphatic carboxylic acids is 1. The number of carboxylic acid groups (broad SMARTS) is 1. The van der Waals surface area contributed by atoms with Crippen LogP contribution in [-0.4, -0.2) is 52.2 Å². The Morgan fingerprint density at radius 2 is 1.88 bits per heavy atom. The van der Waals surface area contributed by atoms with Crippen molar-refractivity contribution in [3.63, 3.8) is 0 Å². The number of nitrogens with one attached hydrogen (secondary N) is 2. The van der Waals surface area contributed by atoms with Gasteiger partial charge < -0.3 is 21.1 Å². The molecule has 1 fully saturated rings. The summed E-state index contributed by atoms with van der Waals surface area (Å²) in [5.74, 6) is -1.83. The van der Waals surface area contributed by atoms with Gasteiger partial charge in [-0.3, -0.25) is 29.3 Å². The molecular formula is C24H34N4O6. The molecule has 186 valence electrons. The smallest absolute Gasteiger partial charge is 0.303 e. The minimum atomic E-state index is -0.682. The summed E-state index contributed by atoms with van der Waals surface area (Å²) in [4.78, 5) is 59.6. The van der Waals surface area contributed by atoms with Crippen molar-refractivity contribution in [3.05, 3.63) is 29.3 Å². The van der Waals surface area contributed by atoms with Gasteiger partial charge in [-0.25, -0.2) is 0 Å². The average Bonchev–Trinajstić information content (AvgIpc) is 3.12. The van der Waals surface area contributed by atoms with E-state index in [1.165, 1.54) is 4.90 Å². The van der Waals surface area contributed by atoms with E-state index in [9.17, 15) is 24.0 Å². The van der Waals surface area contributed by atoms with E-state index in [1.807, 2.05) is 0 Å². The molecule has 1 saturated heterocycles. The number of unbranched alkanes of at least 4 members (excludes halogenated alkanes) is 3. The minimum absolute atomic E-state index is 0.126. The van der Waals surface area contributed by atoms with Crippen LogP contribution in [0.5, 0.6) is 0 Å². The van der Waals surface area contributed by atoms with Crippen LogP contribution in [-0.2, 0) is 25.7 Å². The molecule has 2 aliphatic rings. The molecule has 3 rings (SSSR count). The predicted molar refractivity (Wildman–Crippen MR) is 126 cm³/mol. The van der Waals surface area contributed by atoms with Crippen molar-refractivity contribution >= 4 is 35.3 Å². The number of amides is 4. The topological polar surface area (TPSA) is 159 Å². The maximum atomic E-state index is 12.7. The molecule has 1 unspecified atom stereocenters. The molecule has 34 heavy (non-hydrogen) atoms. The molecular weight excluding hydrogens is 440 g/mol. The lowest BCUT2D eigenvalue weighted by atomic mass is 10.0. The van der Waals surface area contributed by atoms with Gasteiger partial charge in [-0.1, -0.05) is 25.8 Å². The third-order valence-corrected chi connectivity index (χ3v) is 5.71. The van der Waals surface area contributed by atoms with Crippen molar-refractivity contribution in [3.8, 4) is 0 Å². The summed E-state index contributed by atoms with van der Waals surface area (Å²) in [6, 6.07) is 4.48. The van der Waals surface area contributed by atoms with E-state index in [1.54, 1.807) is 18.2 Å². The lowest BCUT2D eigenvalue weighted by Gasteiger charge is -2.29. The van der Waals surface area contributed by atoms with Crippen LogP contribution in [0.1, 0.15) is 80.6 Å². The normalized spacial score (nSPS) is 16.9. The highest BCUT2D eigenvalue weighted by Gasteiger charge is 2.39. The van der Waals surface area contributed by atoms with Gasteiger partial charge in [-0.15, -0.1) is 0 Å². The number of rotatable bonds is 10. The zero-order valence-corrected chi connectivity index (χ0v) is 19.6. The number of benzene rings is 1. The highest BCUT2D eigenvalue weighted by molar-refractivity contribution is 6.06. The SMILES string of the molecule is CCCCCC(=O)O.NCCCCC(=O)Nc1cccc2c1CN(C1CCC(=O)NC1=O)C2=O. The monoisotopic (exact) mass is 474 g/mol. The Kier molecular flexibility index (Phi) is 10.7. The number of carbonyl (C=O) groups is 5. The Morgan fingerprint density at radius 3 is 2.53 bits per heavy atom. The highest BCUT2D eigenvalue weighted by Crippen LogP contribution is 2.32. The molecule has 2 aliphatic heterocycles. The van der Waals surface area contributed by atoms with Crippen LogP contribution in [0.2, 0.25) is 0 Å². The molecule has 0 bridgehead atoms. The predicted octanol–water partition coefficient (Wildman–Crippen LogP) is 2.17. The molecule has 1 atom stereocenters. The van der Waals surface area contributed by atoms with Crippen LogP contribution in [0.4, 0.5) is 5.69 Å². The first kappa shape index (κ1) is 27.0. The molecule has 1 aromatic rings. The van der Waals surface area contributed by atoms with Crippen LogP contribution in [0, 0.1) is 0 Å². The minimum Gasteiger partial charge on any atom is -0.481 e. The summed E-state index contributed by atoms with van der Waals surface area (Å²) >= 11 is 0. The van der Waals surface area contributed by atoms with Crippen molar-refractivity contribution in [1.29, 1.82) is 0 Å². The molecule has 4 amide bonds. The molecule has 0 spiro atoms. The van der Waals surface area contributed by atoms with Gasteiger partial charge in [-0.05, 0) is 44.4 Å². The van der Waals surface area contributed by atoms with Crippen molar-refractivity contribution in [2.75, 3.05) is 11.9 Å². The van der Waals surface area contributed by atoms with Crippen LogP contribution in [0.25, 0.3) is 0 Å². The number of piperidine rings is 1. The van der Waals surface area contributed by atoms with Gasteiger partial charge in [0.25, 0.3) is 5.91 Å². The Balaban J connectivity index is 0.000000440. The third kappa shape index (κ3) is 7.65. The largest absolute Gasteiger partial charge is 0.481 e. The molecule has 1 aromatic carbocycles. The number of carboxylic acids is 1. The molecule has 10 heteroatoms. The molecule has 0 saturated carbocycles. The van der Waals surface area contributed by atoms with Crippen LogP contribution >= 0.6 is 0 Å². The number of nitrogens with two attached hydrogens (primary N) is 1. The number of imide groups is 1. The van der Waals surface area contributed by atoms with Crippen molar-refractivity contribution < 1.29 is 29.1 Å². The van der Waals surface area contributed by atoms with Crippen LogP contribution < -0.4 is 16.4 Å². The van der Waals surface area contributed by atoms with Gasteiger partial charge >= 0.3 is 5.97 Å². The van der Waals surface area contributed by atoms with Gasteiger partial charge in [-0.2, -0.15) is 0 Å². The molecule has 5 N–H and O–H groups in total. The Hall–Kier alpha value is -3.27. The summed E-state index contributed by atoms with van der Waals surface area (Å²) < 4.78 is 0. The summed E-state index contributed by atoms with van der Waals surface area (Å²) in [5.41, 5.74) is 7.20. The molecule has 2 heterocycles. The number of hydrogen-bond acceptors (Lipinski definition) is 6. The fourth-order valence-electron chi connectivity index (χ4n) is 3.87. The second-order valence-corrected chi connectivity index (χ2v) is 8.38. The molecule has 0 aliphatic carbocycles. The van der Waals surface area contributed by atoms with E-state index in [0.717, 1.165) is 25.7 Å². The first-order chi connectivity index (χ1) is 16.3. The van der Waals surface area contributed by atoms with E-state index in [2.05, 4.69) is 17.6 Å². The van der Waals surface area contributed by atoms with E-state index in [-0.39, 0.29) is 30.7 Å². The van der Waals surface area contributed by atoms with E-state index in [0.29, 0.717) is 49.0 Å². The van der Waals surface area contributed by atoms with Crippen molar-refractivity contribution in [1.82, 2.24) is 10.2 Å². The number of nitrogens with zero attached hydrogens (tertiary/aromatic N) is 1. The lowest BCUT2D eigenvalue weighted by molar-refractivity contribution is -0.138. The van der Waals surface area contributed by atoms with Crippen LogP contribution in [0.3, 0.4) is 0 Å². The standard InChI is InChI=1S/C18H22N4O4.C6H12O2/c19-9-2-1-6-15(23)20-13-5-3-4-11-12(13)10-22(18(11)26)14-7-8-16(24)21-17(14)25;1-2-3-4-5-6(7)8/h3-5,14H,1-2,6-10,19H2,(H,20,23)(H,21,24,25);2-5H2,1H3,(H,7,8). The number of anilines is 1. The van der Waals surface area contributed by atoms with E-state index in [4.69, 9.17) is 10.8 Å². The Bertz CT molecular complexity index is 917. The zero-order valence-electron chi connectivity index (χ0n) is 19.6. The zero-order chi connectivity index (χ0) is 25.1. The highest BCUT2D eigenvalue weighted by atomic mass is 16.4. The first-order valence-corrected chi connectivity index (χ1v) is 11.8. The summed E-state index contributed by atoms with van der Waals surface area (Å²) in [6.45, 7) is 2.84. The lowest BCUT2D eigenvalue weighted by Crippen LogP contribution is -2.52. The molecule has 0 radical (unpaired) electrons. The van der Waals surface area contributed by atoms with Gasteiger partial charge in [0.1, 0.15) is 6.04 Å². The van der Waals surface area contributed by atoms with Crippen molar-refractivity contribution in [2.24, 2.45) is 5.73 Å². The summed E-state index contributed by atoms with van der Waals surface area (Å²) in [5, 5.41) is 13.3. The summed E-state index contributed by atoms with van der Waals surface area (Å²) in [7, 11) is 0. The molecule has 0 aromatic heterocycles. The fourth-order valence-corrected chi connectivity index (χ4v) is 3.87. The van der Waals surface area contributed by atoms with Gasteiger partial charge in [0.2, 0.25) is 17.7 Å². The second-order valence-electron chi connectivity index (χ2n) is 8.38. The number of hydrogen-bond donors (Lipinski definition) is 4. The van der Waals surface area contributed by atoms with E-state index < -0.39 is 17.9 Å². The van der Waals surface area contributed by atoms with Gasteiger partial charge in [0.15, 0.2) is 0 Å².